The van der Waals surface area contributed by atoms with Gasteiger partial charge < -0.3 is 5.21 Å². The Morgan fingerprint density at radius 3 is 1.50 bits per heavy atom. The molecular formula is C7H2Cl5NO. The Kier molecular flexibility index (Phi) is 4.16. The minimum absolute atomic E-state index is 0.0673. The number of benzene rings is 1. The fourth-order valence-corrected chi connectivity index (χ4v) is 2.04. The van der Waals surface area contributed by atoms with Gasteiger partial charge in [-0.3, -0.25) is 0 Å². The van der Waals surface area contributed by atoms with E-state index in [0.717, 1.165) is 6.21 Å². The average molecular weight is 293 g/mol. The van der Waals surface area contributed by atoms with E-state index in [1.165, 1.54) is 0 Å². The van der Waals surface area contributed by atoms with Crippen molar-refractivity contribution in [3.63, 3.8) is 0 Å². The highest BCUT2D eigenvalue weighted by Gasteiger charge is 2.17. The van der Waals surface area contributed by atoms with Crippen molar-refractivity contribution in [1.82, 2.24) is 0 Å². The van der Waals surface area contributed by atoms with E-state index < -0.39 is 0 Å². The number of halogens is 5. The first-order valence-corrected chi connectivity index (χ1v) is 5.08. The summed E-state index contributed by atoms with van der Waals surface area (Å²) in [5, 5.41) is 11.5. The quantitative estimate of drug-likeness (QED) is 0.261. The van der Waals surface area contributed by atoms with Crippen molar-refractivity contribution < 1.29 is 5.21 Å². The molecule has 1 rings (SSSR count). The van der Waals surface area contributed by atoms with Crippen LogP contribution in [-0.2, 0) is 0 Å². The summed E-state index contributed by atoms with van der Waals surface area (Å²) in [6, 6.07) is 0. The highest BCUT2D eigenvalue weighted by atomic mass is 35.5. The highest BCUT2D eigenvalue weighted by molar-refractivity contribution is 6.56. The number of nitrogens with zero attached hydrogens (tertiary/aromatic N) is 1. The van der Waals surface area contributed by atoms with Crippen LogP contribution in [0.2, 0.25) is 25.1 Å². The van der Waals surface area contributed by atoms with Crippen molar-refractivity contribution in [2.45, 2.75) is 0 Å². The molecule has 0 saturated carbocycles. The summed E-state index contributed by atoms with van der Waals surface area (Å²) in [6.45, 7) is 0. The second-order valence-electron chi connectivity index (χ2n) is 2.23. The van der Waals surface area contributed by atoms with Gasteiger partial charge in [0.15, 0.2) is 0 Å². The molecule has 0 aliphatic carbocycles. The second-order valence-corrected chi connectivity index (χ2v) is 4.12. The Morgan fingerprint density at radius 2 is 1.14 bits per heavy atom. The molecule has 0 saturated heterocycles. The maximum atomic E-state index is 8.35. The molecule has 0 atom stereocenters. The Bertz CT molecular complexity index is 375. The van der Waals surface area contributed by atoms with Gasteiger partial charge in [-0.1, -0.05) is 63.2 Å². The smallest absolute Gasteiger partial charge is 0.0809 e. The third-order valence-electron chi connectivity index (χ3n) is 1.43. The van der Waals surface area contributed by atoms with E-state index in [-0.39, 0.29) is 30.7 Å². The minimum Gasteiger partial charge on any atom is -0.411 e. The number of oxime groups is 1. The van der Waals surface area contributed by atoms with E-state index >= 15 is 0 Å². The molecule has 0 unspecified atom stereocenters. The molecule has 0 spiro atoms. The van der Waals surface area contributed by atoms with Crippen molar-refractivity contribution in [3.8, 4) is 0 Å². The predicted molar refractivity (Wildman–Crippen MR) is 60.9 cm³/mol. The molecule has 0 radical (unpaired) electrons. The van der Waals surface area contributed by atoms with Crippen molar-refractivity contribution in [3.05, 3.63) is 30.7 Å². The van der Waals surface area contributed by atoms with Gasteiger partial charge in [-0.05, 0) is 0 Å². The van der Waals surface area contributed by atoms with Gasteiger partial charge in [-0.25, -0.2) is 0 Å². The van der Waals surface area contributed by atoms with Crippen LogP contribution in [0.5, 0.6) is 0 Å². The van der Waals surface area contributed by atoms with Gasteiger partial charge in [-0.2, -0.15) is 0 Å². The molecule has 0 aliphatic rings. The minimum atomic E-state index is 0.0673. The lowest BCUT2D eigenvalue weighted by Crippen LogP contribution is -1.89. The standard InChI is InChI=1S/C7H2Cl5NO/c8-3-2(1-13-14)4(9)6(11)7(12)5(3)10/h1,14H/b13-1-. The van der Waals surface area contributed by atoms with Gasteiger partial charge >= 0.3 is 0 Å². The fourth-order valence-electron chi connectivity index (χ4n) is 0.793. The van der Waals surface area contributed by atoms with Crippen LogP contribution in [0.3, 0.4) is 0 Å². The average Bonchev–Trinajstić information content (AvgIpc) is 2.19. The van der Waals surface area contributed by atoms with E-state index in [4.69, 9.17) is 63.2 Å². The first-order chi connectivity index (χ1) is 6.50. The van der Waals surface area contributed by atoms with E-state index in [1.54, 1.807) is 0 Å². The zero-order valence-electron chi connectivity index (χ0n) is 6.36. The molecule has 1 aromatic carbocycles. The molecule has 14 heavy (non-hydrogen) atoms. The molecule has 1 N–H and O–H groups in total. The first kappa shape index (κ1) is 12.2. The van der Waals surface area contributed by atoms with Crippen LogP contribution in [0, 0.1) is 0 Å². The SMILES string of the molecule is O/N=C\c1c(Cl)c(Cl)c(Cl)c(Cl)c1Cl. The zero-order valence-corrected chi connectivity index (χ0v) is 10.1. The van der Waals surface area contributed by atoms with Crippen LogP contribution in [0.15, 0.2) is 5.16 Å². The van der Waals surface area contributed by atoms with Crippen molar-refractivity contribution in [1.29, 1.82) is 0 Å². The third-order valence-corrected chi connectivity index (χ3v) is 3.74. The van der Waals surface area contributed by atoms with Crippen LogP contribution in [-0.4, -0.2) is 11.4 Å². The molecule has 2 nitrogen and oxygen atoms in total. The van der Waals surface area contributed by atoms with Crippen LogP contribution in [0.4, 0.5) is 0 Å². The van der Waals surface area contributed by atoms with Gasteiger partial charge in [0.05, 0.1) is 31.3 Å². The van der Waals surface area contributed by atoms with Crippen molar-refractivity contribution >= 4 is 64.2 Å². The zero-order chi connectivity index (χ0) is 10.9. The number of hydrogen-bond donors (Lipinski definition) is 1. The van der Waals surface area contributed by atoms with Crippen LogP contribution < -0.4 is 0 Å². The summed E-state index contributed by atoms with van der Waals surface area (Å²) in [4.78, 5) is 0. The van der Waals surface area contributed by atoms with Gasteiger partial charge in [0.25, 0.3) is 0 Å². The molecule has 0 heterocycles. The van der Waals surface area contributed by atoms with Gasteiger partial charge in [0.2, 0.25) is 0 Å². The fraction of sp³-hybridized carbons (Fsp3) is 0. The topological polar surface area (TPSA) is 32.6 Å². The third kappa shape index (κ3) is 2.05. The normalized spacial score (nSPS) is 11.2. The van der Waals surface area contributed by atoms with Gasteiger partial charge in [0.1, 0.15) is 0 Å². The molecule has 0 fully saturated rings. The summed E-state index contributed by atoms with van der Waals surface area (Å²) in [7, 11) is 0. The van der Waals surface area contributed by atoms with Gasteiger partial charge in [0, 0.05) is 5.56 Å². The monoisotopic (exact) mass is 291 g/mol. The van der Waals surface area contributed by atoms with Crippen LogP contribution in [0.1, 0.15) is 5.56 Å². The summed E-state index contributed by atoms with van der Waals surface area (Å²) >= 11 is 28.8. The maximum Gasteiger partial charge on any atom is 0.0809 e. The summed E-state index contributed by atoms with van der Waals surface area (Å²) < 4.78 is 0. The van der Waals surface area contributed by atoms with Crippen molar-refractivity contribution in [2.75, 3.05) is 0 Å². The molecule has 76 valence electrons. The summed E-state index contributed by atoms with van der Waals surface area (Å²) in [5.41, 5.74) is 0.218. The largest absolute Gasteiger partial charge is 0.411 e. The Labute approximate surface area is 105 Å². The Hall–Kier alpha value is 0.140. The summed E-state index contributed by atoms with van der Waals surface area (Å²) in [6.07, 6.45) is 1.03. The number of hydrogen-bond acceptors (Lipinski definition) is 2. The predicted octanol–water partition coefficient (Wildman–Crippen LogP) is 4.76. The molecule has 1 aromatic rings. The van der Waals surface area contributed by atoms with Crippen molar-refractivity contribution in [2.24, 2.45) is 5.16 Å². The number of rotatable bonds is 1. The van der Waals surface area contributed by atoms with E-state index in [0.29, 0.717) is 0 Å². The van der Waals surface area contributed by atoms with Crippen LogP contribution >= 0.6 is 58.0 Å². The lowest BCUT2D eigenvalue weighted by Gasteiger charge is -2.07. The second kappa shape index (κ2) is 4.77. The van der Waals surface area contributed by atoms with E-state index in [9.17, 15) is 0 Å². The lowest BCUT2D eigenvalue weighted by molar-refractivity contribution is 0.322. The van der Waals surface area contributed by atoms with E-state index in [1.807, 2.05) is 0 Å². The maximum absolute atomic E-state index is 8.35. The molecule has 7 heteroatoms. The Morgan fingerprint density at radius 1 is 0.786 bits per heavy atom. The first-order valence-electron chi connectivity index (χ1n) is 3.19. The lowest BCUT2D eigenvalue weighted by atomic mass is 10.2. The molecule has 0 amide bonds. The van der Waals surface area contributed by atoms with Crippen LogP contribution in [0.25, 0.3) is 0 Å². The summed E-state index contributed by atoms with van der Waals surface area (Å²) in [5.74, 6) is 0. The van der Waals surface area contributed by atoms with E-state index in [2.05, 4.69) is 5.16 Å². The Balaban J connectivity index is 3.59. The molecular weight excluding hydrogens is 291 g/mol. The highest BCUT2D eigenvalue weighted by Crippen LogP contribution is 2.43. The molecule has 0 aromatic heterocycles. The molecule has 0 aliphatic heterocycles. The molecule has 0 bridgehead atoms. The van der Waals surface area contributed by atoms with Gasteiger partial charge in [-0.15, -0.1) is 0 Å².